The van der Waals surface area contributed by atoms with E-state index in [1.54, 1.807) is 0 Å². The molecule has 2 aromatic rings. The highest BCUT2D eigenvalue weighted by molar-refractivity contribution is 5.73. The first-order valence-corrected chi connectivity index (χ1v) is 14.0. The van der Waals surface area contributed by atoms with Gasteiger partial charge in [-0.3, -0.25) is 9.59 Å². The van der Waals surface area contributed by atoms with Crippen molar-refractivity contribution < 1.29 is 19.8 Å². The molecule has 14 N–H and O–H groups in total. The lowest BCUT2D eigenvalue weighted by molar-refractivity contribution is -0.139. The second kappa shape index (κ2) is 21.9. The van der Waals surface area contributed by atoms with Crippen LogP contribution < -0.4 is 34.4 Å². The molecular weight excluding hydrogens is 508 g/mol. The first kappa shape index (κ1) is 37.1. The molecule has 0 aliphatic heterocycles. The van der Waals surface area contributed by atoms with Crippen molar-refractivity contribution in [2.24, 2.45) is 34.4 Å². The fourth-order valence-corrected chi connectivity index (χ4v) is 3.67. The summed E-state index contributed by atoms with van der Waals surface area (Å²) in [7, 11) is 0. The van der Waals surface area contributed by atoms with Crippen LogP contribution in [0.15, 0.2) is 48.5 Å². The Morgan fingerprint density at radius 2 is 0.900 bits per heavy atom. The van der Waals surface area contributed by atoms with Crippen LogP contribution in [0.5, 0.6) is 0 Å². The van der Waals surface area contributed by atoms with Gasteiger partial charge in [-0.1, -0.05) is 61.4 Å². The zero-order chi connectivity index (χ0) is 30.5. The van der Waals surface area contributed by atoms with Crippen LogP contribution in [0.3, 0.4) is 0 Å². The fourth-order valence-electron chi connectivity index (χ4n) is 3.67. The summed E-state index contributed by atoms with van der Waals surface area (Å²) in [4.78, 5) is 20.3. The number of nitrogens with two attached hydrogens (primary N) is 6. The highest BCUT2D eigenvalue weighted by atomic mass is 16.4. The maximum atomic E-state index is 10.1. The molecular formula is C30H52N6O4. The normalized spacial score (nSPS) is 13.5. The lowest BCUT2D eigenvalue weighted by Crippen LogP contribution is -2.29. The zero-order valence-electron chi connectivity index (χ0n) is 24.2. The minimum Gasteiger partial charge on any atom is -0.480 e. The molecule has 0 fully saturated rings. The third-order valence-electron chi connectivity index (χ3n) is 5.93. The minimum atomic E-state index is -0.933. The molecule has 0 aliphatic carbocycles. The van der Waals surface area contributed by atoms with E-state index in [0.717, 1.165) is 38.5 Å². The molecule has 4 atom stereocenters. The topological polar surface area (TPSA) is 231 Å². The third-order valence-corrected chi connectivity index (χ3v) is 5.93. The molecule has 0 radical (unpaired) electrons. The Hall–Kier alpha value is -2.86. The molecule has 2 unspecified atom stereocenters. The van der Waals surface area contributed by atoms with E-state index < -0.39 is 24.0 Å². The van der Waals surface area contributed by atoms with Gasteiger partial charge in [0.25, 0.3) is 0 Å². The monoisotopic (exact) mass is 560 g/mol. The summed E-state index contributed by atoms with van der Waals surface area (Å²) in [5, 5.41) is 16.7. The van der Waals surface area contributed by atoms with E-state index in [1.807, 2.05) is 13.8 Å². The van der Waals surface area contributed by atoms with Gasteiger partial charge in [0.15, 0.2) is 0 Å². The molecule has 2 rings (SSSR count). The molecule has 0 spiro atoms. The lowest BCUT2D eigenvalue weighted by Gasteiger charge is -2.08. The molecule has 0 saturated carbocycles. The van der Waals surface area contributed by atoms with Gasteiger partial charge in [0.05, 0.1) is 0 Å². The van der Waals surface area contributed by atoms with Gasteiger partial charge in [0, 0.05) is 12.1 Å². The largest absolute Gasteiger partial charge is 0.480 e. The van der Waals surface area contributed by atoms with Gasteiger partial charge in [-0.05, 0) is 87.7 Å². The predicted octanol–water partition coefficient (Wildman–Crippen LogP) is 2.19. The Labute approximate surface area is 239 Å². The van der Waals surface area contributed by atoms with Crippen molar-refractivity contribution in [3.05, 3.63) is 59.7 Å². The summed E-state index contributed by atoms with van der Waals surface area (Å²) in [5.74, 6) is -1.87. The van der Waals surface area contributed by atoms with Crippen LogP contribution in [-0.2, 0) is 22.4 Å². The summed E-state index contributed by atoms with van der Waals surface area (Å²) in [6, 6.07) is 16.3. The lowest BCUT2D eigenvalue weighted by atomic mass is 9.99. The number of hydrogen-bond donors (Lipinski definition) is 8. The summed E-state index contributed by atoms with van der Waals surface area (Å²) in [5.41, 5.74) is 37.5. The highest BCUT2D eigenvalue weighted by Gasteiger charge is 2.10. The van der Waals surface area contributed by atoms with Crippen LogP contribution in [0, 0.1) is 0 Å². The van der Waals surface area contributed by atoms with E-state index in [-0.39, 0.29) is 12.1 Å². The van der Waals surface area contributed by atoms with Crippen LogP contribution in [0.25, 0.3) is 11.1 Å². The van der Waals surface area contributed by atoms with Crippen LogP contribution >= 0.6 is 0 Å². The summed E-state index contributed by atoms with van der Waals surface area (Å²) in [6.07, 6.45) is 6.18. The van der Waals surface area contributed by atoms with Crippen LogP contribution in [0.1, 0.15) is 63.5 Å². The Morgan fingerprint density at radius 1 is 0.600 bits per heavy atom. The summed E-state index contributed by atoms with van der Waals surface area (Å²) in [6.45, 7) is 5.27. The first-order chi connectivity index (χ1) is 18.9. The maximum absolute atomic E-state index is 10.1. The van der Waals surface area contributed by atoms with Gasteiger partial charge >= 0.3 is 11.9 Å². The van der Waals surface area contributed by atoms with Crippen molar-refractivity contribution in [3.63, 3.8) is 0 Å². The Bertz CT molecular complexity index is 859. The zero-order valence-corrected chi connectivity index (χ0v) is 24.2. The van der Waals surface area contributed by atoms with Crippen molar-refractivity contribution in [1.82, 2.24) is 0 Å². The summed E-state index contributed by atoms with van der Waals surface area (Å²) < 4.78 is 0. The molecule has 2 aromatic carbocycles. The fraction of sp³-hybridized carbons (Fsp3) is 0.533. The van der Waals surface area contributed by atoms with Crippen molar-refractivity contribution in [3.8, 4) is 11.1 Å². The predicted molar refractivity (Wildman–Crippen MR) is 164 cm³/mol. The van der Waals surface area contributed by atoms with Gasteiger partial charge in [0.1, 0.15) is 12.1 Å². The first-order valence-electron chi connectivity index (χ1n) is 14.0. The quantitative estimate of drug-likeness (QED) is 0.148. The Balaban J connectivity index is 0.000000643. The molecule has 0 saturated heterocycles. The van der Waals surface area contributed by atoms with Gasteiger partial charge in [0.2, 0.25) is 0 Å². The SMILES string of the molecule is CC(N)Cc1ccc(-c2ccc(CC(C)N)cc2)cc1.NCCCC[C@H](N)C(=O)O.NCCCC[C@H](N)C(=O)O. The average molecular weight is 561 g/mol. The molecule has 0 bridgehead atoms. The maximum Gasteiger partial charge on any atom is 0.320 e. The highest BCUT2D eigenvalue weighted by Crippen LogP contribution is 2.21. The number of carboxylic acids is 2. The van der Waals surface area contributed by atoms with Crippen LogP contribution in [-0.4, -0.2) is 59.4 Å². The van der Waals surface area contributed by atoms with Gasteiger partial charge < -0.3 is 44.6 Å². The van der Waals surface area contributed by atoms with E-state index in [9.17, 15) is 9.59 Å². The molecule has 0 amide bonds. The van der Waals surface area contributed by atoms with Gasteiger partial charge in [-0.2, -0.15) is 0 Å². The van der Waals surface area contributed by atoms with Crippen LogP contribution in [0.4, 0.5) is 0 Å². The smallest absolute Gasteiger partial charge is 0.320 e. The molecule has 0 aromatic heterocycles. The van der Waals surface area contributed by atoms with Crippen molar-refractivity contribution in [2.45, 2.75) is 89.4 Å². The number of aliphatic carboxylic acids is 2. The van der Waals surface area contributed by atoms with E-state index in [1.165, 1.54) is 22.3 Å². The summed E-state index contributed by atoms with van der Waals surface area (Å²) >= 11 is 0. The Kier molecular flexibility index (Phi) is 20.3. The molecule has 10 heteroatoms. The second-order valence-corrected chi connectivity index (χ2v) is 10.2. The number of benzene rings is 2. The second-order valence-electron chi connectivity index (χ2n) is 10.2. The van der Waals surface area contributed by atoms with E-state index >= 15 is 0 Å². The van der Waals surface area contributed by atoms with E-state index in [2.05, 4.69) is 48.5 Å². The van der Waals surface area contributed by atoms with Gasteiger partial charge in [-0.15, -0.1) is 0 Å². The minimum absolute atomic E-state index is 0.207. The molecule has 226 valence electrons. The van der Waals surface area contributed by atoms with Crippen LogP contribution in [0.2, 0.25) is 0 Å². The molecule has 0 heterocycles. The van der Waals surface area contributed by atoms with E-state index in [0.29, 0.717) is 25.9 Å². The average Bonchev–Trinajstić information content (AvgIpc) is 2.90. The molecule has 40 heavy (non-hydrogen) atoms. The number of carboxylic acid groups (broad SMARTS) is 2. The van der Waals surface area contributed by atoms with Crippen molar-refractivity contribution >= 4 is 11.9 Å². The number of rotatable bonds is 15. The molecule has 10 nitrogen and oxygen atoms in total. The van der Waals surface area contributed by atoms with Crippen molar-refractivity contribution in [1.29, 1.82) is 0 Å². The third kappa shape index (κ3) is 18.4. The number of carbonyl (C=O) groups is 2. The standard InChI is InChI=1S/C18H24N2.2C6H14N2O2/c1-13(19)11-15-3-7-17(8-4-15)18-9-5-16(6-10-18)12-14(2)20;2*7-4-2-1-3-5(8)6(9)10/h3-10,13-14H,11-12,19-20H2,1-2H3;2*5H,1-4,7-8H2,(H,9,10)/t;2*5-/m.00/s1. The Morgan fingerprint density at radius 3 is 1.12 bits per heavy atom. The van der Waals surface area contributed by atoms with Gasteiger partial charge in [-0.25, -0.2) is 0 Å². The molecule has 0 aliphatic rings. The van der Waals surface area contributed by atoms with E-state index in [4.69, 9.17) is 44.6 Å². The number of hydrogen-bond acceptors (Lipinski definition) is 8. The number of unbranched alkanes of at least 4 members (excludes halogenated alkanes) is 2. The van der Waals surface area contributed by atoms with Crippen molar-refractivity contribution in [2.75, 3.05) is 13.1 Å².